The predicted octanol–water partition coefficient (Wildman–Crippen LogP) is 6.09. The summed E-state index contributed by atoms with van der Waals surface area (Å²) in [5.41, 5.74) is 11.4. The number of carbonyl (C=O) groups excluding carboxylic acids is 2. The lowest BCUT2D eigenvalue weighted by atomic mass is 9.73. The Morgan fingerprint density at radius 1 is 1.11 bits per heavy atom. The molecule has 2 aromatic heterocycles. The first-order valence-corrected chi connectivity index (χ1v) is 21.9. The highest BCUT2D eigenvalue weighted by Crippen LogP contribution is 2.40. The summed E-state index contributed by atoms with van der Waals surface area (Å²) >= 11 is 0. The molecule has 3 aromatic rings. The number of nitrogens with zero attached hydrogens (tertiary/aromatic N) is 4. The third kappa shape index (κ3) is 9.25. The molecule has 0 bridgehead atoms. The van der Waals surface area contributed by atoms with Crippen molar-refractivity contribution >= 4 is 36.4 Å². The van der Waals surface area contributed by atoms with Gasteiger partial charge in [0.15, 0.2) is 0 Å². The van der Waals surface area contributed by atoms with Crippen LogP contribution < -0.4 is 11.1 Å². The molecule has 252 valence electrons. The van der Waals surface area contributed by atoms with Gasteiger partial charge in [-0.3, -0.25) is 18.5 Å². The van der Waals surface area contributed by atoms with Crippen molar-refractivity contribution in [3.8, 4) is 11.1 Å². The van der Waals surface area contributed by atoms with E-state index in [1.165, 1.54) is 0 Å². The molecule has 2 heterocycles. The van der Waals surface area contributed by atoms with E-state index < -0.39 is 30.7 Å². The van der Waals surface area contributed by atoms with Crippen LogP contribution in [0.5, 0.6) is 0 Å². The summed E-state index contributed by atoms with van der Waals surface area (Å²) in [5.74, 6) is -0.163. The van der Waals surface area contributed by atoms with Crippen molar-refractivity contribution in [1.82, 2.24) is 19.6 Å². The Hall–Kier alpha value is -3.09. The van der Waals surface area contributed by atoms with Crippen LogP contribution in [0.15, 0.2) is 30.5 Å². The van der Waals surface area contributed by atoms with Gasteiger partial charge < -0.3 is 15.8 Å². The molecule has 10 nitrogen and oxygen atoms in total. The van der Waals surface area contributed by atoms with Crippen LogP contribution in [0.3, 0.4) is 0 Å². The molecule has 1 aromatic carbocycles. The molecule has 46 heavy (non-hydrogen) atoms. The normalized spacial score (nSPS) is 18.3. The molecule has 0 radical (unpaired) electrons. The molecule has 2 atom stereocenters. The number of rotatable bonds is 15. The number of aromatic nitrogens is 4. The summed E-state index contributed by atoms with van der Waals surface area (Å²) in [7, 11) is -2.11. The van der Waals surface area contributed by atoms with Crippen LogP contribution >= 0.6 is 0 Å². The molecular weight excluding hydrogens is 617 g/mol. The van der Waals surface area contributed by atoms with Crippen molar-refractivity contribution in [2.75, 3.05) is 23.9 Å². The zero-order valence-corrected chi connectivity index (χ0v) is 30.4. The van der Waals surface area contributed by atoms with Crippen LogP contribution in [0.25, 0.3) is 11.1 Å². The number of amides is 2. The topological polar surface area (TPSA) is 134 Å². The van der Waals surface area contributed by atoms with Gasteiger partial charge in [-0.2, -0.15) is 10.2 Å². The predicted molar refractivity (Wildman–Crippen MR) is 188 cm³/mol. The summed E-state index contributed by atoms with van der Waals surface area (Å²) in [6.07, 6.45) is 7.72. The first-order chi connectivity index (χ1) is 21.7. The summed E-state index contributed by atoms with van der Waals surface area (Å²) in [6.45, 7) is 14.9. The van der Waals surface area contributed by atoms with Gasteiger partial charge in [0.1, 0.15) is 12.4 Å². The Kier molecular flexibility index (Phi) is 12.2. The maximum Gasteiger partial charge on any atom is 0.267 e. The Balaban J connectivity index is 1.53. The molecule has 1 aliphatic carbocycles. The molecule has 0 saturated heterocycles. The second kappa shape index (κ2) is 15.7. The van der Waals surface area contributed by atoms with E-state index >= 15 is 0 Å². The highest BCUT2D eigenvalue weighted by molar-refractivity contribution is 7.84. The van der Waals surface area contributed by atoms with E-state index in [0.717, 1.165) is 60.8 Å². The molecule has 1 unspecified atom stereocenters. The summed E-state index contributed by atoms with van der Waals surface area (Å²) in [4.78, 5) is 26.8. The Morgan fingerprint density at radius 2 is 1.78 bits per heavy atom. The van der Waals surface area contributed by atoms with Crippen LogP contribution in [0, 0.1) is 25.7 Å². The number of nitrogens with two attached hydrogens (primary N) is 1. The largest absolute Gasteiger partial charge is 0.364 e. The third-order valence-corrected chi connectivity index (χ3v) is 11.7. The van der Waals surface area contributed by atoms with Gasteiger partial charge in [0.25, 0.3) is 5.91 Å². The standard InChI is InChI=1S/C34H52N6O4SSi/c1-23-9-11-27(12-10-23)31(29-21-36-39(32(29)33(35)41)17-8-19-45(4)43)34(42)37-28-15-13-26(14-16-28)30-24(2)38-40(25(30)3)22-44-18-20-46(5,6)7/h13-16,21,23,27,31H,8-12,17-20,22H2,1-7H3,(H2,35,41)(H,37,42)/t23?,27?,31-,45?/m0/s1. The minimum atomic E-state index is -1.16. The maximum absolute atomic E-state index is 14.1. The fraction of sp³-hybridized carbons (Fsp3) is 0.588. The molecule has 1 aliphatic rings. The molecule has 3 N–H and O–H groups in total. The van der Waals surface area contributed by atoms with Crippen LogP contribution in [0.4, 0.5) is 5.69 Å². The number of ether oxygens (including phenoxy) is 1. The number of hydrogen-bond donors (Lipinski definition) is 2. The summed E-state index contributed by atoms with van der Waals surface area (Å²) in [5, 5.41) is 12.3. The minimum absolute atomic E-state index is 0.0680. The lowest BCUT2D eigenvalue weighted by Crippen LogP contribution is -2.32. The number of hydrogen-bond acceptors (Lipinski definition) is 6. The van der Waals surface area contributed by atoms with Gasteiger partial charge in [-0.15, -0.1) is 0 Å². The lowest BCUT2D eigenvalue weighted by molar-refractivity contribution is -0.119. The monoisotopic (exact) mass is 668 g/mol. The number of anilines is 1. The van der Waals surface area contributed by atoms with E-state index in [1.54, 1.807) is 17.1 Å². The smallest absolute Gasteiger partial charge is 0.267 e. The highest BCUT2D eigenvalue weighted by Gasteiger charge is 2.36. The quantitative estimate of drug-likeness (QED) is 0.149. The number of primary amides is 1. The maximum atomic E-state index is 14.1. The lowest BCUT2D eigenvalue weighted by Gasteiger charge is -2.32. The van der Waals surface area contributed by atoms with Gasteiger partial charge in [-0.25, -0.2) is 4.68 Å². The minimum Gasteiger partial charge on any atom is -0.364 e. The number of nitrogens with one attached hydrogen (secondary N) is 1. The van der Waals surface area contributed by atoms with Gasteiger partial charge in [-0.05, 0) is 68.7 Å². The van der Waals surface area contributed by atoms with E-state index in [0.29, 0.717) is 42.6 Å². The van der Waals surface area contributed by atoms with E-state index in [-0.39, 0.29) is 17.5 Å². The van der Waals surface area contributed by atoms with E-state index in [4.69, 9.17) is 15.6 Å². The average molecular weight is 669 g/mol. The molecule has 0 spiro atoms. The average Bonchev–Trinajstić information content (AvgIpc) is 3.51. The van der Waals surface area contributed by atoms with Crippen molar-refractivity contribution in [2.45, 2.75) is 97.8 Å². The van der Waals surface area contributed by atoms with Crippen molar-refractivity contribution < 1.29 is 18.5 Å². The molecule has 12 heteroatoms. The third-order valence-electron chi connectivity index (χ3n) is 9.08. The first-order valence-electron chi connectivity index (χ1n) is 16.4. The van der Waals surface area contributed by atoms with Crippen molar-refractivity contribution in [2.24, 2.45) is 17.6 Å². The van der Waals surface area contributed by atoms with Gasteiger partial charge in [0.05, 0.1) is 17.8 Å². The number of carbonyl (C=O) groups is 2. The van der Waals surface area contributed by atoms with Gasteiger partial charge in [-0.1, -0.05) is 51.5 Å². The molecule has 2 amide bonds. The molecule has 0 aliphatic heterocycles. The van der Waals surface area contributed by atoms with Gasteiger partial charge in [0, 0.05) is 66.5 Å². The van der Waals surface area contributed by atoms with Crippen molar-refractivity contribution in [3.63, 3.8) is 0 Å². The Morgan fingerprint density at radius 3 is 2.39 bits per heavy atom. The SMILES string of the molecule is Cc1nn(COCC[Si](C)(C)C)c(C)c1-c1ccc(NC(=O)[C@H](c2cnn(CCCS(C)=O)c2C(N)=O)C2CCC(C)CC2)cc1. The zero-order valence-electron chi connectivity index (χ0n) is 28.6. The van der Waals surface area contributed by atoms with Crippen molar-refractivity contribution in [1.29, 1.82) is 0 Å². The van der Waals surface area contributed by atoms with E-state index in [1.807, 2.05) is 35.9 Å². The molecule has 1 saturated carbocycles. The summed E-state index contributed by atoms with van der Waals surface area (Å²) in [6, 6.07) is 8.95. The van der Waals surface area contributed by atoms with E-state index in [2.05, 4.69) is 43.9 Å². The molecular formula is C34H52N6O4SSi. The fourth-order valence-electron chi connectivity index (χ4n) is 6.42. The van der Waals surface area contributed by atoms with Crippen LogP contribution in [0.1, 0.15) is 72.4 Å². The zero-order chi connectivity index (χ0) is 33.6. The van der Waals surface area contributed by atoms with Crippen LogP contribution in [-0.4, -0.2) is 62.3 Å². The van der Waals surface area contributed by atoms with Crippen LogP contribution in [-0.2, 0) is 33.6 Å². The van der Waals surface area contributed by atoms with Crippen LogP contribution in [0.2, 0.25) is 25.7 Å². The van der Waals surface area contributed by atoms with Gasteiger partial charge >= 0.3 is 0 Å². The Bertz CT molecular complexity index is 1520. The van der Waals surface area contributed by atoms with E-state index in [9.17, 15) is 13.8 Å². The van der Waals surface area contributed by atoms with Crippen molar-refractivity contribution in [3.05, 3.63) is 53.1 Å². The molecule has 1 fully saturated rings. The second-order valence-corrected chi connectivity index (χ2v) is 21.3. The number of aryl methyl sites for hydroxylation is 2. The molecule has 4 rings (SSSR count). The Labute approximate surface area is 277 Å². The summed E-state index contributed by atoms with van der Waals surface area (Å²) < 4.78 is 21.0. The highest BCUT2D eigenvalue weighted by atomic mass is 32.2. The first kappa shape index (κ1) is 35.8. The van der Waals surface area contributed by atoms with Gasteiger partial charge in [0.2, 0.25) is 5.91 Å². The number of benzene rings is 1. The fourth-order valence-corrected chi connectivity index (χ4v) is 7.71. The second-order valence-electron chi connectivity index (χ2n) is 14.1.